The van der Waals surface area contributed by atoms with Crippen LogP contribution in [0, 0.1) is 0 Å². The summed E-state index contributed by atoms with van der Waals surface area (Å²) in [5.41, 5.74) is 8.28. The highest BCUT2D eigenvalue weighted by atomic mass is 79.9. The van der Waals surface area contributed by atoms with Gasteiger partial charge in [0.25, 0.3) is 0 Å². The molecule has 8 heteroatoms. The van der Waals surface area contributed by atoms with E-state index in [1.807, 2.05) is 13.8 Å². The fourth-order valence-electron chi connectivity index (χ4n) is 1.87. The van der Waals surface area contributed by atoms with Gasteiger partial charge in [0.05, 0.1) is 22.7 Å². The van der Waals surface area contributed by atoms with Gasteiger partial charge >= 0.3 is 0 Å². The Morgan fingerprint density at radius 1 is 1.50 bits per heavy atom. The maximum Gasteiger partial charge on any atom is 0.228 e. The summed E-state index contributed by atoms with van der Waals surface area (Å²) in [7, 11) is 0. The summed E-state index contributed by atoms with van der Waals surface area (Å²) >= 11 is 2.97. The monoisotopic (exact) mass is 290 g/mol. The molecule has 2 fully saturated rings. The third-order valence-electron chi connectivity index (χ3n) is 2.42. The summed E-state index contributed by atoms with van der Waals surface area (Å²) in [5.74, 6) is -0.245. The molecule has 2 rings (SSSR count). The maximum atomic E-state index is 8.28. The van der Waals surface area contributed by atoms with Gasteiger partial charge in [0.15, 0.2) is 11.9 Å². The van der Waals surface area contributed by atoms with Crippen molar-refractivity contribution in [2.75, 3.05) is 6.54 Å². The number of fused-ring (bicyclic) bond motifs is 1. The van der Waals surface area contributed by atoms with Crippen molar-refractivity contribution in [1.29, 1.82) is 0 Å². The summed E-state index contributed by atoms with van der Waals surface area (Å²) in [6.07, 6.45) is -0.968. The quantitative estimate of drug-likeness (QED) is 0.442. The van der Waals surface area contributed by atoms with Crippen molar-refractivity contribution in [2.45, 2.75) is 37.9 Å². The highest BCUT2D eigenvalue weighted by molar-refractivity contribution is 9.08. The number of halogens is 1. The first-order valence-corrected chi connectivity index (χ1v) is 5.50. The lowest BCUT2D eigenvalue weighted by Crippen LogP contribution is -2.31. The van der Waals surface area contributed by atoms with Crippen LogP contribution in [0.2, 0.25) is 0 Å². The molecule has 88 valence electrons. The molecular formula is C8H11BrN4O3. The second-order valence-corrected chi connectivity index (χ2v) is 4.37. The van der Waals surface area contributed by atoms with Gasteiger partial charge in [-0.2, -0.15) is 4.02 Å². The van der Waals surface area contributed by atoms with Crippen LogP contribution in [0.25, 0.3) is 10.4 Å². The largest absolute Gasteiger partial charge is 0.472 e. The Balaban J connectivity index is 2.17. The van der Waals surface area contributed by atoms with Crippen LogP contribution in [0.15, 0.2) is 9.13 Å². The van der Waals surface area contributed by atoms with Crippen LogP contribution in [-0.4, -0.2) is 36.5 Å². The standard InChI is InChI=1S/C8H11BrN4O3/c1-8(2)15-5-4(3-11-13-10)14-7(12-9)6(5)16-8/h4-6H,3H2,1-2H3/b12-7-/t4-,5-,6-/m1/s1. The van der Waals surface area contributed by atoms with Crippen molar-refractivity contribution < 1.29 is 14.2 Å². The summed E-state index contributed by atoms with van der Waals surface area (Å²) in [4.78, 5) is 2.70. The van der Waals surface area contributed by atoms with Crippen LogP contribution >= 0.6 is 16.1 Å². The number of hydrogen-bond donors (Lipinski definition) is 0. The number of rotatable bonds is 2. The Kier molecular flexibility index (Phi) is 3.07. The number of azide groups is 1. The molecule has 2 heterocycles. The van der Waals surface area contributed by atoms with Gasteiger partial charge in [-0.15, -0.1) is 0 Å². The third-order valence-corrected chi connectivity index (χ3v) is 2.77. The van der Waals surface area contributed by atoms with E-state index in [2.05, 4.69) is 30.2 Å². The number of hydrogen-bond acceptors (Lipinski definition) is 5. The van der Waals surface area contributed by atoms with Gasteiger partial charge < -0.3 is 14.2 Å². The molecule has 0 unspecified atom stereocenters. The van der Waals surface area contributed by atoms with Crippen LogP contribution < -0.4 is 0 Å². The van der Waals surface area contributed by atoms with Gasteiger partial charge in [-0.25, -0.2) is 0 Å². The Morgan fingerprint density at radius 3 is 2.88 bits per heavy atom. The molecule has 0 bridgehead atoms. The van der Waals surface area contributed by atoms with Crippen molar-refractivity contribution in [3.8, 4) is 0 Å². The van der Waals surface area contributed by atoms with Crippen LogP contribution in [0.5, 0.6) is 0 Å². The molecule has 2 saturated heterocycles. The molecule has 0 amide bonds. The van der Waals surface area contributed by atoms with Gasteiger partial charge in [0, 0.05) is 4.91 Å². The van der Waals surface area contributed by atoms with E-state index < -0.39 is 5.79 Å². The fourth-order valence-corrected chi connectivity index (χ4v) is 2.15. The van der Waals surface area contributed by atoms with Crippen molar-refractivity contribution in [3.05, 3.63) is 10.4 Å². The molecule has 2 aliphatic heterocycles. The third kappa shape index (κ3) is 2.01. The lowest BCUT2D eigenvalue weighted by atomic mass is 10.1. The van der Waals surface area contributed by atoms with E-state index in [9.17, 15) is 0 Å². The lowest BCUT2D eigenvalue weighted by molar-refractivity contribution is -0.157. The zero-order valence-corrected chi connectivity index (χ0v) is 10.4. The molecule has 0 aromatic heterocycles. The van der Waals surface area contributed by atoms with Crippen LogP contribution in [0.1, 0.15) is 13.8 Å². The number of ether oxygens (including phenoxy) is 3. The fraction of sp³-hybridized carbons (Fsp3) is 0.875. The van der Waals surface area contributed by atoms with Crippen LogP contribution in [0.3, 0.4) is 0 Å². The van der Waals surface area contributed by atoms with Crippen LogP contribution in [0.4, 0.5) is 0 Å². The van der Waals surface area contributed by atoms with Gasteiger partial charge in [0.2, 0.25) is 5.90 Å². The summed E-state index contributed by atoms with van der Waals surface area (Å²) in [6, 6.07) is 0. The molecular weight excluding hydrogens is 280 g/mol. The minimum absolute atomic E-state index is 0.198. The Labute approximate surface area is 101 Å². The second-order valence-electron chi connectivity index (χ2n) is 4.01. The first-order valence-electron chi connectivity index (χ1n) is 4.79. The smallest absolute Gasteiger partial charge is 0.228 e. The second kappa shape index (κ2) is 4.21. The van der Waals surface area contributed by atoms with Crippen molar-refractivity contribution >= 4 is 22.0 Å². The lowest BCUT2D eigenvalue weighted by Gasteiger charge is -2.21. The van der Waals surface area contributed by atoms with E-state index in [1.165, 1.54) is 0 Å². The molecule has 7 nitrogen and oxygen atoms in total. The molecule has 0 aromatic carbocycles. The highest BCUT2D eigenvalue weighted by Gasteiger charge is 2.54. The topological polar surface area (TPSA) is 88.8 Å². The van der Waals surface area contributed by atoms with Gasteiger partial charge in [0.1, 0.15) is 12.2 Å². The molecule has 3 atom stereocenters. The summed E-state index contributed by atoms with van der Waals surface area (Å²) < 4.78 is 20.6. The Morgan fingerprint density at radius 2 is 2.25 bits per heavy atom. The molecule has 2 aliphatic rings. The van der Waals surface area contributed by atoms with Crippen molar-refractivity contribution in [2.24, 2.45) is 9.13 Å². The first-order chi connectivity index (χ1) is 7.57. The van der Waals surface area contributed by atoms with Gasteiger partial charge in [-0.1, -0.05) is 5.11 Å². The van der Waals surface area contributed by atoms with Gasteiger partial charge in [-0.05, 0) is 19.4 Å². The Bertz CT molecular complexity index is 366. The average molecular weight is 291 g/mol. The normalized spacial score (nSPS) is 37.9. The van der Waals surface area contributed by atoms with Crippen molar-refractivity contribution in [1.82, 2.24) is 0 Å². The minimum Gasteiger partial charge on any atom is -0.472 e. The van der Waals surface area contributed by atoms with Gasteiger partial charge in [-0.3, -0.25) is 0 Å². The van der Waals surface area contributed by atoms with E-state index >= 15 is 0 Å². The van der Waals surface area contributed by atoms with E-state index in [0.29, 0.717) is 5.90 Å². The molecule has 0 spiro atoms. The van der Waals surface area contributed by atoms with E-state index in [1.54, 1.807) is 0 Å². The highest BCUT2D eigenvalue weighted by Crippen LogP contribution is 2.36. The van der Waals surface area contributed by atoms with Crippen molar-refractivity contribution in [3.63, 3.8) is 0 Å². The molecule has 0 aromatic rings. The SMILES string of the molecule is CC1(C)O[C@@H]2[C@@H](CN=[N+]=[N-])O/C(=N\Br)[C@@H]2O1. The molecule has 0 N–H and O–H groups in total. The molecule has 0 radical (unpaired) electrons. The van der Waals surface area contributed by atoms with Crippen LogP contribution in [-0.2, 0) is 14.2 Å². The molecule has 0 aliphatic carbocycles. The van der Waals surface area contributed by atoms with E-state index in [-0.39, 0.29) is 24.9 Å². The zero-order chi connectivity index (χ0) is 11.8. The predicted molar refractivity (Wildman–Crippen MR) is 59.1 cm³/mol. The average Bonchev–Trinajstić information content (AvgIpc) is 2.69. The number of nitrogens with zero attached hydrogens (tertiary/aromatic N) is 4. The van der Waals surface area contributed by atoms with E-state index in [4.69, 9.17) is 19.7 Å². The predicted octanol–water partition coefficient (Wildman–Crippen LogP) is 1.92. The maximum absolute atomic E-state index is 8.28. The minimum atomic E-state index is -0.670. The summed E-state index contributed by atoms with van der Waals surface area (Å²) in [6.45, 7) is 3.84. The molecule has 0 saturated carbocycles. The summed E-state index contributed by atoms with van der Waals surface area (Å²) in [5, 5.41) is 3.48. The zero-order valence-electron chi connectivity index (χ0n) is 8.83. The molecule has 16 heavy (non-hydrogen) atoms. The van der Waals surface area contributed by atoms with E-state index in [0.717, 1.165) is 0 Å². The first kappa shape index (κ1) is 11.7. The Hall–Kier alpha value is -0.820.